The summed E-state index contributed by atoms with van der Waals surface area (Å²) in [6.07, 6.45) is 13.9. The third kappa shape index (κ3) is 6.17. The molecule has 7 rings (SSSR count). The summed E-state index contributed by atoms with van der Waals surface area (Å²) in [4.78, 5) is 26.3. The normalized spacial score (nSPS) is 28.0. The van der Waals surface area contributed by atoms with Crippen molar-refractivity contribution in [3.8, 4) is 0 Å². The lowest BCUT2D eigenvalue weighted by Crippen LogP contribution is -2.51. The molecule has 1 aliphatic carbocycles. The second kappa shape index (κ2) is 12.6. The van der Waals surface area contributed by atoms with Gasteiger partial charge in [0, 0.05) is 53.2 Å². The minimum atomic E-state index is 0. The van der Waals surface area contributed by atoms with Crippen LogP contribution in [0, 0.1) is 10.8 Å². The number of ether oxygens (including phenoxy) is 2. The van der Waals surface area contributed by atoms with Gasteiger partial charge in [0.05, 0.1) is 49.0 Å². The van der Waals surface area contributed by atoms with E-state index < -0.39 is 0 Å². The summed E-state index contributed by atoms with van der Waals surface area (Å²) in [5, 5.41) is 4.59. The van der Waals surface area contributed by atoms with Gasteiger partial charge in [-0.3, -0.25) is 4.98 Å². The summed E-state index contributed by atoms with van der Waals surface area (Å²) in [6.45, 7) is 6.49. The van der Waals surface area contributed by atoms with Crippen molar-refractivity contribution in [1.82, 2.24) is 24.9 Å². The van der Waals surface area contributed by atoms with E-state index in [9.17, 15) is 0 Å². The zero-order valence-corrected chi connectivity index (χ0v) is 26.6. The Morgan fingerprint density at radius 2 is 1.77 bits per heavy atom. The predicted octanol–water partition coefficient (Wildman–Crippen LogP) is 5.64. The van der Waals surface area contributed by atoms with Gasteiger partial charge in [0.25, 0.3) is 0 Å². The topological polar surface area (TPSA) is 124 Å². The highest BCUT2D eigenvalue weighted by atomic mass is 35.5. The first-order valence-corrected chi connectivity index (χ1v) is 16.1. The fraction of sp³-hybridized carbons (Fsp3) is 0.567. The summed E-state index contributed by atoms with van der Waals surface area (Å²) in [6, 6.07) is 3.84. The molecule has 4 aliphatic rings. The van der Waals surface area contributed by atoms with Gasteiger partial charge >= 0.3 is 0 Å². The molecule has 0 radical (unpaired) electrons. The highest BCUT2D eigenvalue weighted by Crippen LogP contribution is 2.48. The van der Waals surface area contributed by atoms with E-state index in [-0.39, 0.29) is 30.0 Å². The van der Waals surface area contributed by atoms with Crippen LogP contribution in [0.15, 0.2) is 46.8 Å². The average Bonchev–Trinajstić information content (AvgIpc) is 3.28. The molecule has 4 fully saturated rings. The van der Waals surface area contributed by atoms with Crippen LogP contribution in [0.4, 0.5) is 17.6 Å². The number of rotatable bonds is 6. The van der Waals surface area contributed by atoms with E-state index in [0.29, 0.717) is 33.9 Å². The van der Waals surface area contributed by atoms with E-state index in [1.807, 2.05) is 24.5 Å². The van der Waals surface area contributed by atoms with Crippen LogP contribution in [0.2, 0.25) is 5.02 Å². The maximum atomic E-state index is 6.81. The van der Waals surface area contributed by atoms with Crippen molar-refractivity contribution in [2.24, 2.45) is 16.6 Å². The Labute approximate surface area is 267 Å². The first-order chi connectivity index (χ1) is 20.4. The first kappa shape index (κ1) is 30.7. The molecule has 0 amide bonds. The lowest BCUT2D eigenvalue weighted by atomic mass is 9.66. The molecule has 3 aromatic heterocycles. The smallest absolute Gasteiger partial charge is 0.227 e. The van der Waals surface area contributed by atoms with Gasteiger partial charge in [-0.15, -0.1) is 12.4 Å². The molecule has 2 spiro atoms. The number of halogens is 2. The van der Waals surface area contributed by atoms with E-state index in [2.05, 4.69) is 27.1 Å². The fourth-order valence-electron chi connectivity index (χ4n) is 6.81. The van der Waals surface area contributed by atoms with Crippen LogP contribution in [0.3, 0.4) is 0 Å². The number of hydrogen-bond acceptors (Lipinski definition) is 11. The van der Waals surface area contributed by atoms with Crippen LogP contribution in [0.5, 0.6) is 0 Å². The van der Waals surface area contributed by atoms with E-state index >= 15 is 0 Å². The van der Waals surface area contributed by atoms with Gasteiger partial charge in [-0.25, -0.2) is 15.0 Å². The third-order valence-corrected chi connectivity index (χ3v) is 11.3. The molecule has 2 atom stereocenters. The molecule has 10 nitrogen and oxygen atoms in total. The number of aromatic nitrogens is 5. The van der Waals surface area contributed by atoms with Crippen molar-refractivity contribution in [1.29, 1.82) is 0 Å². The highest BCUT2D eigenvalue weighted by Gasteiger charge is 2.48. The van der Waals surface area contributed by atoms with Gasteiger partial charge in [0.15, 0.2) is 5.82 Å². The number of piperidine rings is 1. The quantitative estimate of drug-likeness (QED) is 0.346. The van der Waals surface area contributed by atoms with Gasteiger partial charge in [0.2, 0.25) is 5.95 Å². The highest BCUT2D eigenvalue weighted by molar-refractivity contribution is 7.99. The summed E-state index contributed by atoms with van der Waals surface area (Å²) in [7, 11) is 0. The number of anilines is 3. The molecule has 3 saturated heterocycles. The Hall–Kier alpha value is -2.28. The molecule has 3 aromatic rings. The zero-order valence-electron chi connectivity index (χ0n) is 24.2. The van der Waals surface area contributed by atoms with Crippen LogP contribution in [-0.2, 0) is 9.47 Å². The number of nitrogens with zero attached hydrogens (tertiary/aromatic N) is 6. The maximum absolute atomic E-state index is 6.81. The fourth-order valence-corrected chi connectivity index (χ4v) is 7.83. The summed E-state index contributed by atoms with van der Waals surface area (Å²) in [5.74, 6) is 2.32. The average molecular weight is 646 g/mol. The molecule has 3 aliphatic heterocycles. The molecule has 0 bridgehead atoms. The van der Waals surface area contributed by atoms with Crippen molar-refractivity contribution in [3.05, 3.63) is 47.6 Å². The monoisotopic (exact) mass is 644 g/mol. The predicted molar refractivity (Wildman–Crippen MR) is 170 cm³/mol. The standard InChI is InChI=1S/C30H37ClN8O2S.ClH/c1-19-26(32)30(18-41-19)6-2-20(3-7-30)21-14-36-24(15-35-21)42-22-4-10-33-27(25(22)31)37-23-5-11-34-28(38-23)39-12-8-29(9-13-39)16-40-17-29;/h4-5,10-11,14-15,19-20,26H,2-3,6-9,12-13,16-18,32H2,1H3,(H,33,34,37,38);1H/t19-,20?,26+,30?;/m0./s1. The van der Waals surface area contributed by atoms with E-state index in [1.54, 1.807) is 12.4 Å². The van der Waals surface area contributed by atoms with E-state index in [1.165, 1.54) is 11.8 Å². The molecule has 13 heteroatoms. The molecule has 0 unspecified atom stereocenters. The SMILES string of the molecule is C[C@@H]1OCC2(CCC(c3cnc(Sc4ccnc(Nc5ccnc(N6CCC7(CC6)COC7)n5)c4Cl)cn3)CC2)[C@@H]1N.Cl. The van der Waals surface area contributed by atoms with Crippen molar-refractivity contribution in [3.63, 3.8) is 0 Å². The summed E-state index contributed by atoms with van der Waals surface area (Å²) in [5.41, 5.74) is 8.03. The zero-order chi connectivity index (χ0) is 28.7. The molecular weight excluding hydrogens is 607 g/mol. The lowest BCUT2D eigenvalue weighted by molar-refractivity contribution is -0.124. The van der Waals surface area contributed by atoms with Gasteiger partial charge in [0.1, 0.15) is 10.8 Å². The van der Waals surface area contributed by atoms with Crippen molar-refractivity contribution < 1.29 is 9.47 Å². The summed E-state index contributed by atoms with van der Waals surface area (Å²) >= 11 is 8.28. The Morgan fingerprint density at radius 3 is 2.42 bits per heavy atom. The number of hydrogen-bond donors (Lipinski definition) is 2. The number of nitrogens with one attached hydrogen (secondary N) is 1. The van der Waals surface area contributed by atoms with Crippen molar-refractivity contribution in [2.75, 3.05) is 43.1 Å². The van der Waals surface area contributed by atoms with E-state index in [4.69, 9.17) is 41.8 Å². The Morgan fingerprint density at radius 1 is 1.00 bits per heavy atom. The van der Waals surface area contributed by atoms with Gasteiger partial charge < -0.3 is 25.4 Å². The minimum absolute atomic E-state index is 0. The Kier molecular flexibility index (Phi) is 9.01. The van der Waals surface area contributed by atoms with Crippen LogP contribution < -0.4 is 16.0 Å². The van der Waals surface area contributed by atoms with Crippen LogP contribution in [0.25, 0.3) is 0 Å². The van der Waals surface area contributed by atoms with Gasteiger partial charge in [-0.2, -0.15) is 4.98 Å². The molecule has 43 heavy (non-hydrogen) atoms. The third-order valence-electron chi connectivity index (χ3n) is 9.78. The number of pyridine rings is 1. The molecule has 0 aromatic carbocycles. The maximum Gasteiger partial charge on any atom is 0.227 e. The van der Waals surface area contributed by atoms with Crippen LogP contribution in [-0.4, -0.2) is 70.0 Å². The molecule has 6 heterocycles. The summed E-state index contributed by atoms with van der Waals surface area (Å²) < 4.78 is 11.3. The van der Waals surface area contributed by atoms with Crippen molar-refractivity contribution in [2.45, 2.75) is 73.4 Å². The number of nitrogens with two attached hydrogens (primary N) is 1. The largest absolute Gasteiger partial charge is 0.380 e. The Bertz CT molecular complexity index is 1410. The van der Waals surface area contributed by atoms with Crippen LogP contribution >= 0.6 is 35.8 Å². The van der Waals surface area contributed by atoms with Crippen LogP contribution in [0.1, 0.15) is 57.1 Å². The molecule has 1 saturated carbocycles. The minimum Gasteiger partial charge on any atom is -0.380 e. The van der Waals surface area contributed by atoms with Crippen molar-refractivity contribution >= 4 is 53.4 Å². The lowest BCUT2D eigenvalue weighted by Gasteiger charge is -2.47. The second-order valence-electron chi connectivity index (χ2n) is 12.4. The molecule has 230 valence electrons. The second-order valence-corrected chi connectivity index (χ2v) is 13.8. The van der Waals surface area contributed by atoms with Gasteiger partial charge in [-0.1, -0.05) is 23.4 Å². The molecule has 3 N–H and O–H groups in total. The first-order valence-electron chi connectivity index (χ1n) is 14.9. The Balaban J connectivity index is 0.00000329. The van der Waals surface area contributed by atoms with Gasteiger partial charge in [-0.05, 0) is 57.6 Å². The molecular formula is C30H38Cl2N8O2S. The van der Waals surface area contributed by atoms with E-state index in [0.717, 1.165) is 87.1 Å².